The lowest BCUT2D eigenvalue weighted by Crippen LogP contribution is -2.30. The van der Waals surface area contributed by atoms with E-state index >= 15 is 0 Å². The molecule has 1 aromatic heterocycles. The highest BCUT2D eigenvalue weighted by molar-refractivity contribution is 5.42. The first kappa shape index (κ1) is 13.1. The van der Waals surface area contributed by atoms with E-state index in [1.54, 1.807) is 12.4 Å². The Hall–Kier alpha value is -1.36. The quantitative estimate of drug-likeness (QED) is 0.811. The summed E-state index contributed by atoms with van der Waals surface area (Å²) in [6, 6.07) is 0.267. The van der Waals surface area contributed by atoms with Gasteiger partial charge in [-0.1, -0.05) is 6.92 Å². The predicted molar refractivity (Wildman–Crippen MR) is 72.9 cm³/mol. The summed E-state index contributed by atoms with van der Waals surface area (Å²) in [5.74, 6) is 1.63. The molecule has 1 saturated heterocycles. The Morgan fingerprint density at radius 2 is 2.28 bits per heavy atom. The van der Waals surface area contributed by atoms with Gasteiger partial charge < -0.3 is 15.4 Å². The Balaban J connectivity index is 1.91. The summed E-state index contributed by atoms with van der Waals surface area (Å²) in [5, 5.41) is 6.59. The van der Waals surface area contributed by atoms with Crippen molar-refractivity contribution in [2.45, 2.75) is 45.3 Å². The molecule has 0 bridgehead atoms. The van der Waals surface area contributed by atoms with E-state index in [2.05, 4.69) is 34.4 Å². The monoisotopic (exact) mass is 250 g/mol. The van der Waals surface area contributed by atoms with Crippen LogP contribution in [-0.4, -0.2) is 35.3 Å². The lowest BCUT2D eigenvalue weighted by atomic mass is 10.1. The van der Waals surface area contributed by atoms with Gasteiger partial charge in [0.15, 0.2) is 0 Å². The van der Waals surface area contributed by atoms with Crippen LogP contribution in [0.4, 0.5) is 11.6 Å². The minimum absolute atomic E-state index is 0.267. The molecule has 2 rings (SSSR count). The highest BCUT2D eigenvalue weighted by Crippen LogP contribution is 2.18. The van der Waals surface area contributed by atoms with Crippen molar-refractivity contribution in [3.63, 3.8) is 0 Å². The first-order valence-electron chi connectivity index (χ1n) is 6.73. The average Bonchev–Trinajstić information content (AvgIpc) is 2.91. The average molecular weight is 250 g/mol. The molecule has 0 aliphatic carbocycles. The second kappa shape index (κ2) is 6.54. The Labute approximate surface area is 108 Å². The summed E-state index contributed by atoms with van der Waals surface area (Å²) in [6.45, 7) is 6.05. The van der Waals surface area contributed by atoms with E-state index < -0.39 is 0 Å². The summed E-state index contributed by atoms with van der Waals surface area (Å²) >= 11 is 0. The normalized spacial score (nSPS) is 20.7. The number of hydrogen-bond acceptors (Lipinski definition) is 5. The van der Waals surface area contributed by atoms with Crippen molar-refractivity contribution in [2.24, 2.45) is 0 Å². The van der Waals surface area contributed by atoms with Crippen LogP contribution in [-0.2, 0) is 4.74 Å². The second-order valence-electron chi connectivity index (χ2n) is 4.70. The molecule has 2 unspecified atom stereocenters. The van der Waals surface area contributed by atoms with Crippen LogP contribution in [0.3, 0.4) is 0 Å². The molecule has 0 radical (unpaired) electrons. The molecule has 0 spiro atoms. The molecular formula is C13H22N4O. The van der Waals surface area contributed by atoms with Crippen LogP contribution in [0, 0.1) is 0 Å². The van der Waals surface area contributed by atoms with Crippen molar-refractivity contribution in [3.8, 4) is 0 Å². The Kier molecular flexibility index (Phi) is 4.75. The summed E-state index contributed by atoms with van der Waals surface area (Å²) in [4.78, 5) is 8.67. The molecule has 1 aliphatic rings. The number of hydrogen-bond donors (Lipinski definition) is 2. The van der Waals surface area contributed by atoms with E-state index in [0.29, 0.717) is 6.10 Å². The van der Waals surface area contributed by atoms with Gasteiger partial charge in [0, 0.05) is 13.2 Å². The number of nitrogens with one attached hydrogen (secondary N) is 2. The first-order valence-corrected chi connectivity index (χ1v) is 6.73. The molecule has 2 heterocycles. The fourth-order valence-corrected chi connectivity index (χ4v) is 2.10. The van der Waals surface area contributed by atoms with Gasteiger partial charge in [0.2, 0.25) is 0 Å². The fourth-order valence-electron chi connectivity index (χ4n) is 2.10. The summed E-state index contributed by atoms with van der Waals surface area (Å²) in [7, 11) is 0. The van der Waals surface area contributed by atoms with Gasteiger partial charge in [-0.05, 0) is 26.2 Å². The smallest absolute Gasteiger partial charge is 0.147 e. The molecule has 1 aromatic rings. The third kappa shape index (κ3) is 3.57. The number of rotatable bonds is 6. The molecule has 2 N–H and O–H groups in total. The van der Waals surface area contributed by atoms with E-state index in [1.807, 2.05) is 0 Å². The predicted octanol–water partition coefficient (Wildman–Crippen LogP) is 2.28. The third-order valence-electron chi connectivity index (χ3n) is 3.09. The van der Waals surface area contributed by atoms with Crippen molar-refractivity contribution in [2.75, 3.05) is 23.8 Å². The van der Waals surface area contributed by atoms with Gasteiger partial charge in [-0.25, -0.2) is 4.98 Å². The summed E-state index contributed by atoms with van der Waals surface area (Å²) in [5.41, 5.74) is 0. The Morgan fingerprint density at radius 3 is 3.00 bits per heavy atom. The van der Waals surface area contributed by atoms with E-state index in [-0.39, 0.29) is 6.04 Å². The molecule has 5 nitrogen and oxygen atoms in total. The second-order valence-corrected chi connectivity index (χ2v) is 4.70. The standard InChI is InChI=1S/C13H22N4O/c1-3-6-15-12-8-14-9-13(17-12)16-10(2)11-5-4-7-18-11/h8-11H,3-7H2,1-2H3,(H2,15,16,17). The molecule has 0 aromatic carbocycles. The molecule has 1 fully saturated rings. The van der Waals surface area contributed by atoms with Crippen LogP contribution in [0.25, 0.3) is 0 Å². The van der Waals surface area contributed by atoms with Crippen LogP contribution in [0.5, 0.6) is 0 Å². The largest absolute Gasteiger partial charge is 0.376 e. The van der Waals surface area contributed by atoms with Gasteiger partial charge in [-0.3, -0.25) is 4.98 Å². The van der Waals surface area contributed by atoms with E-state index in [4.69, 9.17) is 4.74 Å². The number of anilines is 2. The van der Waals surface area contributed by atoms with Gasteiger partial charge in [0.25, 0.3) is 0 Å². The number of ether oxygens (including phenoxy) is 1. The Bertz CT molecular complexity index is 366. The lowest BCUT2D eigenvalue weighted by Gasteiger charge is -2.20. The van der Waals surface area contributed by atoms with Crippen LogP contribution >= 0.6 is 0 Å². The van der Waals surface area contributed by atoms with Crippen LogP contribution in [0.15, 0.2) is 12.4 Å². The van der Waals surface area contributed by atoms with Crippen molar-refractivity contribution < 1.29 is 4.74 Å². The van der Waals surface area contributed by atoms with Gasteiger partial charge >= 0.3 is 0 Å². The van der Waals surface area contributed by atoms with Gasteiger partial charge in [0.1, 0.15) is 11.6 Å². The maximum atomic E-state index is 5.66. The van der Waals surface area contributed by atoms with E-state index in [9.17, 15) is 0 Å². The van der Waals surface area contributed by atoms with Crippen LogP contribution < -0.4 is 10.6 Å². The maximum absolute atomic E-state index is 5.66. The zero-order chi connectivity index (χ0) is 12.8. The lowest BCUT2D eigenvalue weighted by molar-refractivity contribution is 0.0995. The molecule has 5 heteroatoms. The first-order chi connectivity index (χ1) is 8.79. The molecule has 1 aliphatic heterocycles. The van der Waals surface area contributed by atoms with Crippen molar-refractivity contribution in [1.29, 1.82) is 0 Å². The number of aromatic nitrogens is 2. The Morgan fingerprint density at radius 1 is 1.44 bits per heavy atom. The maximum Gasteiger partial charge on any atom is 0.147 e. The minimum atomic E-state index is 0.267. The molecule has 100 valence electrons. The third-order valence-corrected chi connectivity index (χ3v) is 3.09. The van der Waals surface area contributed by atoms with Crippen molar-refractivity contribution >= 4 is 11.6 Å². The molecule has 18 heavy (non-hydrogen) atoms. The topological polar surface area (TPSA) is 59.1 Å². The minimum Gasteiger partial charge on any atom is -0.376 e. The summed E-state index contributed by atoms with van der Waals surface area (Å²) < 4.78 is 5.66. The fraction of sp³-hybridized carbons (Fsp3) is 0.692. The van der Waals surface area contributed by atoms with Gasteiger partial charge in [0.05, 0.1) is 24.5 Å². The SMILES string of the molecule is CCCNc1cncc(NC(C)C2CCCO2)n1. The molecular weight excluding hydrogens is 228 g/mol. The van der Waals surface area contributed by atoms with Gasteiger partial charge in [-0.2, -0.15) is 0 Å². The van der Waals surface area contributed by atoms with Gasteiger partial charge in [-0.15, -0.1) is 0 Å². The van der Waals surface area contributed by atoms with Crippen molar-refractivity contribution in [3.05, 3.63) is 12.4 Å². The molecule has 0 saturated carbocycles. The molecule has 0 amide bonds. The zero-order valence-corrected chi connectivity index (χ0v) is 11.1. The zero-order valence-electron chi connectivity index (χ0n) is 11.1. The highest BCUT2D eigenvalue weighted by atomic mass is 16.5. The van der Waals surface area contributed by atoms with Crippen LogP contribution in [0.1, 0.15) is 33.1 Å². The van der Waals surface area contributed by atoms with Crippen LogP contribution in [0.2, 0.25) is 0 Å². The molecule has 2 atom stereocenters. The highest BCUT2D eigenvalue weighted by Gasteiger charge is 2.22. The summed E-state index contributed by atoms with van der Waals surface area (Å²) in [6.07, 6.45) is 7.14. The van der Waals surface area contributed by atoms with Crippen molar-refractivity contribution in [1.82, 2.24) is 9.97 Å². The van der Waals surface area contributed by atoms with E-state index in [0.717, 1.165) is 44.0 Å². The number of nitrogens with zero attached hydrogens (tertiary/aromatic N) is 2. The van der Waals surface area contributed by atoms with E-state index in [1.165, 1.54) is 0 Å².